The number of anilines is 1. The van der Waals surface area contributed by atoms with Crippen LogP contribution < -0.4 is 5.32 Å². The number of thiazole rings is 1. The average Bonchev–Trinajstić information content (AvgIpc) is 3.23. The number of carbonyl (C=O) groups excluding carboxylic acids is 2. The molecule has 1 aromatic heterocycles. The van der Waals surface area contributed by atoms with Crippen molar-refractivity contribution in [2.45, 2.75) is 33.6 Å². The standard InChI is InChI=1S/C25H27N3O2S/c1-16-8-9-18(3)21(14-16)22-15-31-25(26-22)27-23(29)19-10-12-28(13-11-19)24(30)20-7-5-4-6-17(20)2/h4-9,14-15,19H,10-13H2,1-3H3,(H,26,27,29). The van der Waals surface area contributed by atoms with Gasteiger partial charge in [-0.1, -0.05) is 35.9 Å². The summed E-state index contributed by atoms with van der Waals surface area (Å²) in [6, 6.07) is 13.9. The van der Waals surface area contributed by atoms with Crippen LogP contribution in [-0.2, 0) is 4.79 Å². The minimum absolute atomic E-state index is 0.00939. The first-order chi connectivity index (χ1) is 14.9. The Bertz CT molecular complexity index is 1110. The predicted molar refractivity (Wildman–Crippen MR) is 125 cm³/mol. The van der Waals surface area contributed by atoms with Crippen LogP contribution in [0.2, 0.25) is 0 Å². The summed E-state index contributed by atoms with van der Waals surface area (Å²) in [6.45, 7) is 7.27. The van der Waals surface area contributed by atoms with E-state index < -0.39 is 0 Å². The number of hydrogen-bond donors (Lipinski definition) is 1. The third kappa shape index (κ3) is 4.69. The van der Waals surface area contributed by atoms with Gasteiger partial charge in [-0.2, -0.15) is 0 Å². The number of likely N-dealkylation sites (tertiary alicyclic amines) is 1. The van der Waals surface area contributed by atoms with Crippen molar-refractivity contribution < 1.29 is 9.59 Å². The van der Waals surface area contributed by atoms with Crippen LogP contribution in [0, 0.1) is 26.7 Å². The second-order valence-corrected chi connectivity index (χ2v) is 9.09. The van der Waals surface area contributed by atoms with E-state index in [0.717, 1.165) is 22.4 Å². The van der Waals surface area contributed by atoms with Gasteiger partial charge in [-0.3, -0.25) is 9.59 Å². The molecule has 31 heavy (non-hydrogen) atoms. The molecule has 0 saturated carbocycles. The van der Waals surface area contributed by atoms with Gasteiger partial charge in [0.2, 0.25) is 5.91 Å². The Hall–Kier alpha value is -2.99. The van der Waals surface area contributed by atoms with Gasteiger partial charge >= 0.3 is 0 Å². The molecule has 2 amide bonds. The van der Waals surface area contributed by atoms with Gasteiger partial charge in [0.25, 0.3) is 5.91 Å². The normalized spacial score (nSPS) is 14.5. The topological polar surface area (TPSA) is 62.3 Å². The SMILES string of the molecule is Cc1ccc(C)c(-c2csc(NC(=O)C3CCN(C(=O)c4ccccc4C)CC3)n2)c1. The zero-order valence-electron chi connectivity index (χ0n) is 18.1. The van der Waals surface area contributed by atoms with Gasteiger partial charge < -0.3 is 10.2 Å². The molecule has 1 N–H and O–H groups in total. The molecule has 1 aliphatic rings. The van der Waals surface area contributed by atoms with Crippen molar-refractivity contribution in [1.29, 1.82) is 0 Å². The van der Waals surface area contributed by atoms with E-state index in [1.165, 1.54) is 22.5 Å². The van der Waals surface area contributed by atoms with Crippen molar-refractivity contribution in [3.8, 4) is 11.3 Å². The molecule has 2 aromatic carbocycles. The summed E-state index contributed by atoms with van der Waals surface area (Å²) in [5.41, 5.74) is 6.06. The van der Waals surface area contributed by atoms with E-state index in [1.54, 1.807) is 0 Å². The van der Waals surface area contributed by atoms with Gasteiger partial charge in [-0.15, -0.1) is 11.3 Å². The van der Waals surface area contributed by atoms with E-state index in [4.69, 9.17) is 0 Å². The Morgan fingerprint density at radius 1 is 1.03 bits per heavy atom. The Morgan fingerprint density at radius 3 is 2.52 bits per heavy atom. The van der Waals surface area contributed by atoms with Crippen LogP contribution in [0.4, 0.5) is 5.13 Å². The number of amides is 2. The molecule has 0 unspecified atom stereocenters. The maximum absolute atomic E-state index is 12.8. The number of benzene rings is 2. The van der Waals surface area contributed by atoms with Gasteiger partial charge in [0.15, 0.2) is 5.13 Å². The number of carbonyl (C=O) groups is 2. The highest BCUT2D eigenvalue weighted by atomic mass is 32.1. The fourth-order valence-electron chi connectivity index (χ4n) is 4.00. The summed E-state index contributed by atoms with van der Waals surface area (Å²) in [4.78, 5) is 32.1. The summed E-state index contributed by atoms with van der Waals surface area (Å²) in [5.74, 6) is -0.0612. The molecular weight excluding hydrogens is 406 g/mol. The molecule has 0 radical (unpaired) electrons. The fourth-order valence-corrected chi connectivity index (χ4v) is 4.72. The smallest absolute Gasteiger partial charge is 0.254 e. The Morgan fingerprint density at radius 2 is 1.77 bits per heavy atom. The first-order valence-corrected chi connectivity index (χ1v) is 11.5. The van der Waals surface area contributed by atoms with Crippen LogP contribution in [0.25, 0.3) is 11.3 Å². The maximum Gasteiger partial charge on any atom is 0.254 e. The molecule has 3 aromatic rings. The molecule has 1 aliphatic heterocycles. The molecule has 160 valence electrons. The number of nitrogens with one attached hydrogen (secondary N) is 1. The lowest BCUT2D eigenvalue weighted by atomic mass is 9.95. The summed E-state index contributed by atoms with van der Waals surface area (Å²) < 4.78 is 0. The fraction of sp³-hybridized carbons (Fsp3) is 0.320. The number of hydrogen-bond acceptors (Lipinski definition) is 4. The Kier molecular flexibility index (Phi) is 6.18. The lowest BCUT2D eigenvalue weighted by Gasteiger charge is -2.31. The zero-order chi connectivity index (χ0) is 22.0. The number of rotatable bonds is 4. The highest BCUT2D eigenvalue weighted by Crippen LogP contribution is 2.29. The molecule has 0 aliphatic carbocycles. The van der Waals surface area contributed by atoms with E-state index in [-0.39, 0.29) is 17.7 Å². The average molecular weight is 434 g/mol. The lowest BCUT2D eigenvalue weighted by molar-refractivity contribution is -0.121. The van der Waals surface area contributed by atoms with Crippen molar-refractivity contribution in [2.24, 2.45) is 5.92 Å². The predicted octanol–water partition coefficient (Wildman–Crippen LogP) is 5.23. The highest BCUT2D eigenvalue weighted by Gasteiger charge is 2.28. The second-order valence-electron chi connectivity index (χ2n) is 8.23. The monoisotopic (exact) mass is 433 g/mol. The van der Waals surface area contributed by atoms with E-state index in [1.807, 2.05) is 41.5 Å². The van der Waals surface area contributed by atoms with Crippen LogP contribution >= 0.6 is 11.3 Å². The molecular formula is C25H27N3O2S. The Balaban J connectivity index is 1.36. The third-order valence-corrected chi connectivity index (χ3v) is 6.69. The van der Waals surface area contributed by atoms with Gasteiger partial charge in [0, 0.05) is 35.5 Å². The first-order valence-electron chi connectivity index (χ1n) is 10.6. The third-order valence-electron chi connectivity index (χ3n) is 5.93. The van der Waals surface area contributed by atoms with Crippen LogP contribution in [0.1, 0.15) is 39.9 Å². The minimum atomic E-state index is -0.103. The summed E-state index contributed by atoms with van der Waals surface area (Å²) >= 11 is 1.45. The van der Waals surface area contributed by atoms with Crippen molar-refractivity contribution in [1.82, 2.24) is 9.88 Å². The summed E-state index contributed by atoms with van der Waals surface area (Å²) in [6.07, 6.45) is 1.33. The minimum Gasteiger partial charge on any atom is -0.339 e. The van der Waals surface area contributed by atoms with Crippen molar-refractivity contribution in [3.63, 3.8) is 0 Å². The van der Waals surface area contributed by atoms with E-state index in [2.05, 4.69) is 42.3 Å². The lowest BCUT2D eigenvalue weighted by Crippen LogP contribution is -2.41. The molecule has 0 atom stereocenters. The first kappa shape index (κ1) is 21.2. The highest BCUT2D eigenvalue weighted by molar-refractivity contribution is 7.14. The maximum atomic E-state index is 12.8. The molecule has 2 heterocycles. The molecule has 0 bridgehead atoms. The summed E-state index contributed by atoms with van der Waals surface area (Å²) in [7, 11) is 0. The molecule has 1 saturated heterocycles. The van der Waals surface area contributed by atoms with Crippen LogP contribution in [0.5, 0.6) is 0 Å². The van der Waals surface area contributed by atoms with E-state index in [9.17, 15) is 9.59 Å². The second kappa shape index (κ2) is 9.02. The number of aromatic nitrogens is 1. The van der Waals surface area contributed by atoms with Crippen molar-refractivity contribution in [2.75, 3.05) is 18.4 Å². The van der Waals surface area contributed by atoms with Gasteiger partial charge in [0.1, 0.15) is 0 Å². The van der Waals surface area contributed by atoms with E-state index >= 15 is 0 Å². The number of aryl methyl sites for hydroxylation is 3. The van der Waals surface area contributed by atoms with Crippen LogP contribution in [0.3, 0.4) is 0 Å². The molecule has 6 heteroatoms. The van der Waals surface area contributed by atoms with Crippen molar-refractivity contribution in [3.05, 3.63) is 70.1 Å². The van der Waals surface area contributed by atoms with Crippen LogP contribution in [-0.4, -0.2) is 34.8 Å². The molecule has 1 fully saturated rings. The Labute approximate surface area is 187 Å². The quantitative estimate of drug-likeness (QED) is 0.613. The molecule has 0 spiro atoms. The van der Waals surface area contributed by atoms with Crippen molar-refractivity contribution >= 4 is 28.3 Å². The van der Waals surface area contributed by atoms with Gasteiger partial charge in [-0.05, 0) is 56.9 Å². The number of nitrogens with zero attached hydrogens (tertiary/aromatic N) is 2. The summed E-state index contributed by atoms with van der Waals surface area (Å²) in [5, 5.41) is 5.60. The largest absolute Gasteiger partial charge is 0.339 e. The molecule has 5 nitrogen and oxygen atoms in total. The van der Waals surface area contributed by atoms with Gasteiger partial charge in [0.05, 0.1) is 5.69 Å². The zero-order valence-corrected chi connectivity index (χ0v) is 19.0. The van der Waals surface area contributed by atoms with Gasteiger partial charge in [-0.25, -0.2) is 4.98 Å². The van der Waals surface area contributed by atoms with E-state index in [0.29, 0.717) is 31.1 Å². The molecule has 4 rings (SSSR count). The van der Waals surface area contributed by atoms with Crippen LogP contribution in [0.15, 0.2) is 47.8 Å². The number of piperidine rings is 1.